The van der Waals surface area contributed by atoms with Gasteiger partial charge in [0.05, 0.1) is 6.42 Å². The molecule has 4 rings (SSSR count). The molecule has 3 fully saturated rings. The van der Waals surface area contributed by atoms with Crippen LogP contribution in [0.25, 0.3) is 0 Å². The highest BCUT2D eigenvalue weighted by molar-refractivity contribution is 5.89. The number of nitrogens with one attached hydrogen (secondary N) is 2. The maximum Gasteiger partial charge on any atom is 0.391 e. The minimum absolute atomic E-state index is 0.0133. The summed E-state index contributed by atoms with van der Waals surface area (Å²) in [6.07, 6.45) is 3.99. The molecule has 3 saturated carbocycles. The summed E-state index contributed by atoms with van der Waals surface area (Å²) in [4.78, 5) is 25.0. The molecule has 174 valence electrons. The fraction of sp³-hybridized carbons (Fsp3) is 0.833. The normalized spacial score (nSPS) is 42.3. The molecule has 0 aromatic rings. The molecule has 0 radical (unpaired) electrons. The van der Waals surface area contributed by atoms with Crippen LogP contribution in [0, 0.1) is 34.5 Å². The van der Waals surface area contributed by atoms with E-state index in [0.717, 1.165) is 38.5 Å². The van der Waals surface area contributed by atoms with Gasteiger partial charge in [-0.2, -0.15) is 13.2 Å². The van der Waals surface area contributed by atoms with Crippen molar-refractivity contribution < 1.29 is 22.8 Å². The van der Waals surface area contributed by atoms with Gasteiger partial charge >= 0.3 is 6.18 Å². The second-order valence-electron chi connectivity index (χ2n) is 11.6. The number of carbonyl (C=O) groups is 2. The maximum atomic E-state index is 13.2. The Hall–Kier alpha value is -1.53. The molecule has 1 heterocycles. The molecule has 0 aromatic carbocycles. The SMILES string of the molecule is CC(C)(CC(F)(F)F)NC(=O)[C@H]1CC[C@H]2[C@@H]3CC[C@H]4NC(=O)C=C[C@]4(C)[C@H]3CC[C@]12C. The third kappa shape index (κ3) is 3.91. The van der Waals surface area contributed by atoms with Crippen LogP contribution < -0.4 is 10.6 Å². The lowest BCUT2D eigenvalue weighted by Crippen LogP contribution is -2.60. The van der Waals surface area contributed by atoms with Crippen molar-refractivity contribution in [3.63, 3.8) is 0 Å². The van der Waals surface area contributed by atoms with E-state index < -0.39 is 18.1 Å². The lowest BCUT2D eigenvalue weighted by atomic mass is 9.48. The Morgan fingerprint density at radius 3 is 2.52 bits per heavy atom. The fourth-order valence-electron chi connectivity index (χ4n) is 7.73. The van der Waals surface area contributed by atoms with Gasteiger partial charge in [0.25, 0.3) is 0 Å². The Bertz CT molecular complexity index is 792. The first-order chi connectivity index (χ1) is 14.3. The number of hydrogen-bond acceptors (Lipinski definition) is 2. The Morgan fingerprint density at radius 2 is 1.84 bits per heavy atom. The van der Waals surface area contributed by atoms with Crippen LogP contribution in [-0.4, -0.2) is 29.6 Å². The summed E-state index contributed by atoms with van der Waals surface area (Å²) in [5, 5.41) is 5.88. The van der Waals surface area contributed by atoms with Crippen molar-refractivity contribution in [1.29, 1.82) is 0 Å². The van der Waals surface area contributed by atoms with Crippen molar-refractivity contribution in [3.05, 3.63) is 12.2 Å². The minimum Gasteiger partial charge on any atom is -0.351 e. The molecule has 2 amide bonds. The van der Waals surface area contributed by atoms with Gasteiger partial charge in [-0.15, -0.1) is 0 Å². The summed E-state index contributed by atoms with van der Waals surface area (Å²) in [5.41, 5.74) is -1.55. The largest absolute Gasteiger partial charge is 0.391 e. The van der Waals surface area contributed by atoms with E-state index >= 15 is 0 Å². The molecule has 0 saturated heterocycles. The second kappa shape index (κ2) is 7.24. The van der Waals surface area contributed by atoms with Crippen molar-refractivity contribution >= 4 is 11.8 Å². The molecule has 7 atom stereocenters. The van der Waals surface area contributed by atoms with Crippen molar-refractivity contribution in [2.45, 2.75) is 90.4 Å². The average molecular weight is 441 g/mol. The third-order valence-corrected chi connectivity index (χ3v) is 9.11. The van der Waals surface area contributed by atoms with Crippen LogP contribution in [0.1, 0.15) is 72.6 Å². The zero-order valence-electron chi connectivity index (χ0n) is 18.9. The Balaban J connectivity index is 1.51. The molecule has 0 unspecified atom stereocenters. The first kappa shape index (κ1) is 22.7. The molecule has 3 aliphatic carbocycles. The fourth-order valence-corrected chi connectivity index (χ4v) is 7.73. The standard InChI is InChI=1S/C24H35F3N2O2/c1-21(2,13-24(25,26)27)29-20(31)17-7-6-15-14-5-8-18-23(4,12-10-19(30)28-18)16(14)9-11-22(15,17)3/h10,12,14-18H,5-9,11,13H2,1-4H3,(H,28,30)(H,29,31)/t14-,15-,16-,17+,18+,22-,23+/m0/s1. The molecule has 7 heteroatoms. The quantitative estimate of drug-likeness (QED) is 0.666. The van der Waals surface area contributed by atoms with Gasteiger partial charge in [0.1, 0.15) is 0 Å². The number of rotatable bonds is 3. The number of hydrogen-bond donors (Lipinski definition) is 2. The zero-order chi connectivity index (χ0) is 22.8. The van der Waals surface area contributed by atoms with Crippen molar-refractivity contribution in [2.75, 3.05) is 0 Å². The number of carbonyl (C=O) groups excluding carboxylic acids is 2. The summed E-state index contributed by atoms with van der Waals surface area (Å²) in [5.74, 6) is 0.878. The molecule has 4 nitrogen and oxygen atoms in total. The zero-order valence-corrected chi connectivity index (χ0v) is 18.9. The van der Waals surface area contributed by atoms with Crippen LogP contribution >= 0.6 is 0 Å². The van der Waals surface area contributed by atoms with Crippen molar-refractivity contribution in [1.82, 2.24) is 10.6 Å². The van der Waals surface area contributed by atoms with E-state index in [2.05, 4.69) is 30.6 Å². The van der Waals surface area contributed by atoms with Crippen LogP contribution in [0.2, 0.25) is 0 Å². The molecule has 2 N–H and O–H groups in total. The van der Waals surface area contributed by atoms with Gasteiger partial charge in [0, 0.05) is 22.9 Å². The summed E-state index contributed by atoms with van der Waals surface area (Å²) in [6.45, 7) is 7.35. The molecule has 31 heavy (non-hydrogen) atoms. The van der Waals surface area contributed by atoms with E-state index in [1.165, 1.54) is 13.8 Å². The van der Waals surface area contributed by atoms with E-state index in [4.69, 9.17) is 0 Å². The van der Waals surface area contributed by atoms with E-state index in [1.54, 1.807) is 6.08 Å². The second-order valence-corrected chi connectivity index (χ2v) is 11.6. The molecule has 0 spiro atoms. The van der Waals surface area contributed by atoms with Crippen LogP contribution in [0.4, 0.5) is 13.2 Å². The van der Waals surface area contributed by atoms with Gasteiger partial charge in [0.15, 0.2) is 0 Å². The van der Waals surface area contributed by atoms with Crippen LogP contribution in [0.5, 0.6) is 0 Å². The van der Waals surface area contributed by atoms with Gasteiger partial charge in [-0.05, 0) is 81.6 Å². The predicted molar refractivity (Wildman–Crippen MR) is 112 cm³/mol. The Labute approximate surface area is 182 Å². The van der Waals surface area contributed by atoms with Crippen LogP contribution in [0.3, 0.4) is 0 Å². The molecular formula is C24H35F3N2O2. The highest BCUT2D eigenvalue weighted by Gasteiger charge is 2.61. The molecule has 1 aliphatic heterocycles. The summed E-state index contributed by atoms with van der Waals surface area (Å²) < 4.78 is 38.8. The van der Waals surface area contributed by atoms with Gasteiger partial charge in [-0.25, -0.2) is 0 Å². The number of fused-ring (bicyclic) bond motifs is 5. The first-order valence-electron chi connectivity index (χ1n) is 11.6. The summed E-state index contributed by atoms with van der Waals surface area (Å²) in [7, 11) is 0. The van der Waals surface area contributed by atoms with Crippen LogP contribution in [-0.2, 0) is 9.59 Å². The predicted octanol–water partition coefficient (Wildman–Crippen LogP) is 4.75. The highest BCUT2D eigenvalue weighted by Crippen LogP contribution is 2.65. The number of alkyl halides is 3. The third-order valence-electron chi connectivity index (χ3n) is 9.11. The summed E-state index contributed by atoms with van der Waals surface area (Å²) >= 11 is 0. The van der Waals surface area contributed by atoms with Gasteiger partial charge in [-0.1, -0.05) is 19.9 Å². The minimum atomic E-state index is -4.31. The van der Waals surface area contributed by atoms with Crippen molar-refractivity contribution in [2.24, 2.45) is 34.5 Å². The number of halogens is 3. The van der Waals surface area contributed by atoms with Gasteiger partial charge in [0.2, 0.25) is 11.8 Å². The Kier molecular flexibility index (Phi) is 5.29. The lowest BCUT2D eigenvalue weighted by molar-refractivity contribution is -0.152. The van der Waals surface area contributed by atoms with Gasteiger partial charge < -0.3 is 10.6 Å². The topological polar surface area (TPSA) is 58.2 Å². The molecular weight excluding hydrogens is 405 g/mol. The monoisotopic (exact) mass is 440 g/mol. The highest BCUT2D eigenvalue weighted by atomic mass is 19.4. The molecule has 4 aliphatic rings. The van der Waals surface area contributed by atoms with Crippen molar-refractivity contribution in [3.8, 4) is 0 Å². The van der Waals surface area contributed by atoms with E-state index in [-0.39, 0.29) is 34.6 Å². The summed E-state index contributed by atoms with van der Waals surface area (Å²) in [6, 6.07) is 0.166. The average Bonchev–Trinajstić information content (AvgIpc) is 2.97. The van der Waals surface area contributed by atoms with E-state index in [9.17, 15) is 22.8 Å². The Morgan fingerprint density at radius 1 is 1.13 bits per heavy atom. The van der Waals surface area contributed by atoms with Crippen LogP contribution in [0.15, 0.2) is 12.2 Å². The van der Waals surface area contributed by atoms with Gasteiger partial charge in [-0.3, -0.25) is 9.59 Å². The lowest BCUT2D eigenvalue weighted by Gasteiger charge is -2.58. The molecule has 0 aromatic heterocycles. The molecule has 0 bridgehead atoms. The number of amides is 2. The maximum absolute atomic E-state index is 13.2. The van der Waals surface area contributed by atoms with E-state index in [0.29, 0.717) is 17.8 Å². The first-order valence-corrected chi connectivity index (χ1v) is 11.6. The van der Waals surface area contributed by atoms with E-state index in [1.807, 2.05) is 0 Å². The smallest absolute Gasteiger partial charge is 0.351 e.